The Bertz CT molecular complexity index is 1040. The third kappa shape index (κ3) is 2.95. The van der Waals surface area contributed by atoms with E-state index in [1.807, 2.05) is 24.3 Å². The lowest BCUT2D eigenvalue weighted by Gasteiger charge is -2.35. The summed E-state index contributed by atoms with van der Waals surface area (Å²) in [6.07, 6.45) is 5.11. The molecule has 4 heterocycles. The minimum Gasteiger partial charge on any atom is -0.353 e. The van der Waals surface area contributed by atoms with E-state index < -0.39 is 0 Å². The van der Waals surface area contributed by atoms with Crippen molar-refractivity contribution in [3.8, 4) is 11.3 Å². The third-order valence-electron chi connectivity index (χ3n) is 4.74. The summed E-state index contributed by atoms with van der Waals surface area (Å²) >= 11 is 0. The van der Waals surface area contributed by atoms with E-state index in [1.165, 1.54) is 0 Å². The zero-order valence-electron chi connectivity index (χ0n) is 14.7. The molecule has 8 nitrogen and oxygen atoms in total. The molecule has 1 saturated heterocycles. The van der Waals surface area contributed by atoms with Gasteiger partial charge in [-0.2, -0.15) is 14.6 Å². The summed E-state index contributed by atoms with van der Waals surface area (Å²) in [5.41, 5.74) is 1.97. The molecule has 0 N–H and O–H groups in total. The van der Waals surface area contributed by atoms with Gasteiger partial charge in [0.25, 0.3) is 5.78 Å². The first-order valence-electron chi connectivity index (χ1n) is 8.91. The fourth-order valence-corrected chi connectivity index (χ4v) is 3.37. The standard InChI is InChI=1S/C19H18N8/c1-2-5-15(6-3-1)16-13-17(27-19(24-16)22-14-23-27)25-9-11-26(12-10-25)18-20-7-4-8-21-18/h1-8,13-14H,9-12H2. The van der Waals surface area contributed by atoms with Gasteiger partial charge in [-0.1, -0.05) is 30.3 Å². The number of aromatic nitrogens is 6. The van der Waals surface area contributed by atoms with Crippen molar-refractivity contribution in [1.29, 1.82) is 0 Å². The van der Waals surface area contributed by atoms with E-state index >= 15 is 0 Å². The van der Waals surface area contributed by atoms with Gasteiger partial charge in [0, 0.05) is 50.2 Å². The van der Waals surface area contributed by atoms with Gasteiger partial charge >= 0.3 is 0 Å². The fourth-order valence-electron chi connectivity index (χ4n) is 3.37. The monoisotopic (exact) mass is 358 g/mol. The molecule has 0 unspecified atom stereocenters. The molecule has 134 valence electrons. The van der Waals surface area contributed by atoms with Crippen molar-refractivity contribution in [1.82, 2.24) is 29.5 Å². The van der Waals surface area contributed by atoms with E-state index in [9.17, 15) is 0 Å². The highest BCUT2D eigenvalue weighted by Crippen LogP contribution is 2.25. The van der Waals surface area contributed by atoms with Gasteiger partial charge in [-0.05, 0) is 6.07 Å². The molecule has 1 aliphatic heterocycles. The van der Waals surface area contributed by atoms with Gasteiger partial charge in [0.1, 0.15) is 12.1 Å². The number of piperazine rings is 1. The normalized spacial score (nSPS) is 14.7. The highest BCUT2D eigenvalue weighted by Gasteiger charge is 2.22. The lowest BCUT2D eigenvalue weighted by Crippen LogP contribution is -2.47. The van der Waals surface area contributed by atoms with Crippen molar-refractivity contribution in [3.05, 3.63) is 61.2 Å². The second-order valence-corrected chi connectivity index (χ2v) is 6.36. The molecule has 3 aromatic heterocycles. The van der Waals surface area contributed by atoms with Crippen LogP contribution in [0.15, 0.2) is 61.2 Å². The number of nitrogens with zero attached hydrogens (tertiary/aromatic N) is 8. The Balaban J connectivity index is 1.46. The van der Waals surface area contributed by atoms with Crippen molar-refractivity contribution in [2.75, 3.05) is 36.0 Å². The number of hydrogen-bond donors (Lipinski definition) is 0. The Morgan fingerprint density at radius 1 is 0.778 bits per heavy atom. The number of hydrogen-bond acceptors (Lipinski definition) is 7. The Hall–Kier alpha value is -3.55. The molecule has 0 saturated carbocycles. The van der Waals surface area contributed by atoms with Crippen LogP contribution >= 0.6 is 0 Å². The molecule has 0 bridgehead atoms. The molecule has 0 aliphatic carbocycles. The minimum atomic E-state index is 0.611. The van der Waals surface area contributed by atoms with Crippen LogP contribution in [0.3, 0.4) is 0 Å². The van der Waals surface area contributed by atoms with Gasteiger partial charge in [0.05, 0.1) is 5.69 Å². The van der Waals surface area contributed by atoms with Crippen LogP contribution in [0.1, 0.15) is 0 Å². The van der Waals surface area contributed by atoms with Crippen molar-refractivity contribution >= 4 is 17.5 Å². The first-order valence-corrected chi connectivity index (χ1v) is 8.91. The quantitative estimate of drug-likeness (QED) is 0.554. The average molecular weight is 358 g/mol. The van der Waals surface area contributed by atoms with Gasteiger partial charge in [0.15, 0.2) is 0 Å². The first kappa shape index (κ1) is 15.7. The molecular weight excluding hydrogens is 340 g/mol. The SMILES string of the molecule is c1ccc(-c2cc(N3CCN(c4ncccn4)CC3)n3ncnc3n2)cc1. The van der Waals surface area contributed by atoms with Crippen molar-refractivity contribution in [3.63, 3.8) is 0 Å². The van der Waals surface area contributed by atoms with Crippen molar-refractivity contribution < 1.29 is 0 Å². The maximum absolute atomic E-state index is 4.66. The van der Waals surface area contributed by atoms with Crippen LogP contribution in [-0.2, 0) is 0 Å². The van der Waals surface area contributed by atoms with Gasteiger partial charge in [-0.25, -0.2) is 15.0 Å². The van der Waals surface area contributed by atoms with E-state index in [-0.39, 0.29) is 0 Å². The van der Waals surface area contributed by atoms with Crippen LogP contribution in [0.4, 0.5) is 11.8 Å². The maximum Gasteiger partial charge on any atom is 0.254 e. The van der Waals surface area contributed by atoms with E-state index in [2.05, 4.69) is 53.0 Å². The third-order valence-corrected chi connectivity index (χ3v) is 4.74. The topological polar surface area (TPSA) is 75.3 Å². The van der Waals surface area contributed by atoms with Crippen LogP contribution < -0.4 is 9.80 Å². The molecule has 4 aromatic rings. The predicted octanol–water partition coefficient (Wildman–Crippen LogP) is 1.91. The molecule has 5 rings (SSSR count). The lowest BCUT2D eigenvalue weighted by atomic mass is 10.1. The van der Waals surface area contributed by atoms with Crippen molar-refractivity contribution in [2.45, 2.75) is 0 Å². The van der Waals surface area contributed by atoms with Gasteiger partial charge in [-0.15, -0.1) is 0 Å². The molecule has 0 atom stereocenters. The lowest BCUT2D eigenvalue weighted by molar-refractivity contribution is 0.627. The number of fused-ring (bicyclic) bond motifs is 1. The first-order chi connectivity index (χ1) is 13.4. The Labute approximate surface area is 156 Å². The minimum absolute atomic E-state index is 0.611. The number of anilines is 2. The molecule has 8 heteroatoms. The van der Waals surface area contributed by atoms with Crippen LogP contribution in [0.5, 0.6) is 0 Å². The Kier molecular flexibility index (Phi) is 3.86. The van der Waals surface area contributed by atoms with E-state index in [0.29, 0.717) is 5.78 Å². The summed E-state index contributed by atoms with van der Waals surface area (Å²) in [6, 6.07) is 14.1. The zero-order valence-corrected chi connectivity index (χ0v) is 14.7. The van der Waals surface area contributed by atoms with Gasteiger partial charge in [0.2, 0.25) is 5.95 Å². The van der Waals surface area contributed by atoms with Crippen LogP contribution in [-0.4, -0.2) is 55.7 Å². The molecule has 27 heavy (non-hydrogen) atoms. The molecule has 1 aromatic carbocycles. The number of rotatable bonds is 3. The second-order valence-electron chi connectivity index (χ2n) is 6.36. The summed E-state index contributed by atoms with van der Waals surface area (Å²) in [4.78, 5) is 22.2. The average Bonchev–Trinajstić information content (AvgIpc) is 3.23. The summed E-state index contributed by atoms with van der Waals surface area (Å²) in [5.74, 6) is 2.40. The Morgan fingerprint density at radius 3 is 2.30 bits per heavy atom. The molecule has 0 spiro atoms. The Morgan fingerprint density at radius 2 is 1.52 bits per heavy atom. The van der Waals surface area contributed by atoms with Crippen molar-refractivity contribution in [2.24, 2.45) is 0 Å². The van der Waals surface area contributed by atoms with E-state index in [4.69, 9.17) is 0 Å². The molecule has 1 fully saturated rings. The summed E-state index contributed by atoms with van der Waals surface area (Å²) < 4.78 is 1.81. The molecule has 0 radical (unpaired) electrons. The zero-order chi connectivity index (χ0) is 18.1. The molecule has 0 amide bonds. The number of benzene rings is 1. The van der Waals surface area contributed by atoms with Gasteiger partial charge < -0.3 is 9.80 Å². The largest absolute Gasteiger partial charge is 0.353 e. The summed E-state index contributed by atoms with van der Waals surface area (Å²) in [5, 5.41) is 4.37. The molecular formula is C19H18N8. The van der Waals surface area contributed by atoms with E-state index in [1.54, 1.807) is 23.2 Å². The predicted molar refractivity (Wildman–Crippen MR) is 103 cm³/mol. The highest BCUT2D eigenvalue weighted by molar-refractivity contribution is 5.66. The van der Waals surface area contributed by atoms with Crippen LogP contribution in [0.2, 0.25) is 0 Å². The summed E-state index contributed by atoms with van der Waals surface area (Å²) in [6.45, 7) is 3.41. The highest BCUT2D eigenvalue weighted by atomic mass is 15.4. The second kappa shape index (κ2) is 6.64. The summed E-state index contributed by atoms with van der Waals surface area (Å²) in [7, 11) is 0. The van der Waals surface area contributed by atoms with Gasteiger partial charge in [-0.3, -0.25) is 0 Å². The smallest absolute Gasteiger partial charge is 0.254 e. The van der Waals surface area contributed by atoms with Crippen LogP contribution in [0.25, 0.3) is 17.0 Å². The van der Waals surface area contributed by atoms with E-state index in [0.717, 1.165) is 49.2 Å². The maximum atomic E-state index is 4.66. The fraction of sp³-hybridized carbons (Fsp3) is 0.211. The molecule has 1 aliphatic rings. The van der Waals surface area contributed by atoms with Crippen LogP contribution in [0, 0.1) is 0 Å².